The molecule has 0 atom stereocenters. The first kappa shape index (κ1) is 12.5. The second-order valence-electron chi connectivity index (χ2n) is 3.38. The first-order valence-corrected chi connectivity index (χ1v) is 5.83. The average Bonchev–Trinajstić information content (AvgIpc) is 2.41. The third kappa shape index (κ3) is 2.82. The van der Waals surface area contributed by atoms with Crippen molar-refractivity contribution in [2.75, 3.05) is 10.7 Å². The van der Waals surface area contributed by atoms with Gasteiger partial charge in [0.25, 0.3) is 5.91 Å². The lowest BCUT2D eigenvalue weighted by Gasteiger charge is -2.07. The number of anilines is 2. The minimum atomic E-state index is -0.249. The smallest absolute Gasteiger partial charge is 0.255 e. The fourth-order valence-electron chi connectivity index (χ4n) is 1.32. The largest absolute Gasteiger partial charge is 0.321 e. The van der Waals surface area contributed by atoms with Crippen LogP contribution in [0.25, 0.3) is 0 Å². The third-order valence-corrected chi connectivity index (χ3v) is 2.82. The molecule has 2 rings (SSSR count). The summed E-state index contributed by atoms with van der Waals surface area (Å²) < 4.78 is 0.713. The van der Waals surface area contributed by atoms with E-state index in [1.54, 1.807) is 30.6 Å². The molecule has 0 spiro atoms. The number of nitrogens with one attached hydrogen (secondary N) is 2. The highest BCUT2D eigenvalue weighted by Gasteiger charge is 2.08. The van der Waals surface area contributed by atoms with Gasteiger partial charge in [0.1, 0.15) is 5.82 Å². The van der Waals surface area contributed by atoms with E-state index < -0.39 is 0 Å². The molecule has 6 nitrogen and oxygen atoms in total. The quantitative estimate of drug-likeness (QED) is 0.593. The van der Waals surface area contributed by atoms with E-state index in [4.69, 9.17) is 5.84 Å². The summed E-state index contributed by atoms with van der Waals surface area (Å²) in [7, 11) is 0. The van der Waals surface area contributed by atoms with E-state index in [0.717, 1.165) is 0 Å². The average molecular weight is 308 g/mol. The van der Waals surface area contributed by atoms with Gasteiger partial charge in [0.05, 0.1) is 10.2 Å². The Morgan fingerprint density at radius 1 is 1.33 bits per heavy atom. The van der Waals surface area contributed by atoms with Gasteiger partial charge in [0.15, 0.2) is 0 Å². The molecule has 0 fully saturated rings. The van der Waals surface area contributed by atoms with Crippen LogP contribution in [0.4, 0.5) is 11.5 Å². The minimum absolute atomic E-state index is 0.249. The van der Waals surface area contributed by atoms with Crippen LogP contribution in [0.5, 0.6) is 0 Å². The second-order valence-corrected chi connectivity index (χ2v) is 4.24. The SMILES string of the molecule is NNc1cc(C(=O)Nc2ccncc2Br)ccn1. The van der Waals surface area contributed by atoms with Gasteiger partial charge in [-0.2, -0.15) is 0 Å². The van der Waals surface area contributed by atoms with E-state index in [2.05, 4.69) is 36.6 Å². The first-order chi connectivity index (χ1) is 8.70. The molecule has 0 aliphatic heterocycles. The topological polar surface area (TPSA) is 92.9 Å². The lowest BCUT2D eigenvalue weighted by Crippen LogP contribution is -2.14. The highest BCUT2D eigenvalue weighted by molar-refractivity contribution is 9.10. The van der Waals surface area contributed by atoms with Gasteiger partial charge in [-0.25, -0.2) is 10.8 Å². The van der Waals surface area contributed by atoms with Gasteiger partial charge in [0.2, 0.25) is 0 Å². The number of hydrogen-bond donors (Lipinski definition) is 3. The summed E-state index contributed by atoms with van der Waals surface area (Å²) in [6.45, 7) is 0. The zero-order valence-electron chi connectivity index (χ0n) is 9.22. The number of carbonyl (C=O) groups is 1. The van der Waals surface area contributed by atoms with Crippen molar-refractivity contribution in [2.45, 2.75) is 0 Å². The summed E-state index contributed by atoms with van der Waals surface area (Å²) in [5.41, 5.74) is 3.49. The molecule has 2 aromatic heterocycles. The number of nitrogen functional groups attached to an aromatic ring is 1. The Balaban J connectivity index is 2.19. The number of pyridine rings is 2. The molecular formula is C11H10BrN5O. The molecule has 0 aliphatic carbocycles. The Morgan fingerprint density at radius 2 is 2.17 bits per heavy atom. The standard InChI is InChI=1S/C11H10BrN5O/c12-8-6-14-3-2-9(8)16-11(18)7-1-4-15-10(5-7)17-13/h1-6H,13H2,(H,15,17)(H,14,16,18). The highest BCUT2D eigenvalue weighted by atomic mass is 79.9. The van der Waals surface area contributed by atoms with Gasteiger partial charge >= 0.3 is 0 Å². The fraction of sp³-hybridized carbons (Fsp3) is 0. The number of amides is 1. The summed E-state index contributed by atoms with van der Waals surface area (Å²) >= 11 is 3.30. The van der Waals surface area contributed by atoms with Crippen LogP contribution in [0, 0.1) is 0 Å². The number of nitrogens with two attached hydrogens (primary N) is 1. The maximum absolute atomic E-state index is 12.0. The molecule has 2 aromatic rings. The van der Waals surface area contributed by atoms with Gasteiger partial charge in [-0.15, -0.1) is 0 Å². The summed E-state index contributed by atoms with van der Waals surface area (Å²) in [6, 6.07) is 4.86. The Labute approximate surface area is 112 Å². The molecule has 2 heterocycles. The minimum Gasteiger partial charge on any atom is -0.321 e. The molecule has 4 N–H and O–H groups in total. The van der Waals surface area contributed by atoms with Crippen molar-refractivity contribution in [3.05, 3.63) is 46.8 Å². The Morgan fingerprint density at radius 3 is 2.89 bits per heavy atom. The zero-order chi connectivity index (χ0) is 13.0. The van der Waals surface area contributed by atoms with Crippen molar-refractivity contribution in [3.8, 4) is 0 Å². The number of carbonyl (C=O) groups excluding carboxylic acids is 1. The fourth-order valence-corrected chi connectivity index (χ4v) is 1.67. The monoisotopic (exact) mass is 307 g/mol. The number of aromatic nitrogens is 2. The molecule has 0 aliphatic rings. The number of halogens is 1. The molecule has 0 bridgehead atoms. The zero-order valence-corrected chi connectivity index (χ0v) is 10.8. The maximum atomic E-state index is 12.0. The number of hydrogen-bond acceptors (Lipinski definition) is 5. The van der Waals surface area contributed by atoms with Crippen LogP contribution in [-0.2, 0) is 0 Å². The maximum Gasteiger partial charge on any atom is 0.255 e. The first-order valence-electron chi connectivity index (χ1n) is 5.04. The Kier molecular flexibility index (Phi) is 3.85. The lowest BCUT2D eigenvalue weighted by molar-refractivity contribution is 0.102. The van der Waals surface area contributed by atoms with E-state index in [-0.39, 0.29) is 5.91 Å². The predicted molar refractivity (Wildman–Crippen MR) is 71.9 cm³/mol. The van der Waals surface area contributed by atoms with Crippen molar-refractivity contribution in [1.29, 1.82) is 0 Å². The van der Waals surface area contributed by atoms with Crippen LogP contribution in [0.1, 0.15) is 10.4 Å². The van der Waals surface area contributed by atoms with Crippen molar-refractivity contribution >= 4 is 33.3 Å². The number of hydrazine groups is 1. The second kappa shape index (κ2) is 5.56. The van der Waals surface area contributed by atoms with Crippen LogP contribution in [0.15, 0.2) is 41.3 Å². The molecule has 7 heteroatoms. The molecule has 0 unspecified atom stereocenters. The molecule has 0 saturated heterocycles. The van der Waals surface area contributed by atoms with E-state index in [0.29, 0.717) is 21.5 Å². The summed E-state index contributed by atoms with van der Waals surface area (Å²) in [6.07, 6.45) is 4.71. The Bertz CT molecular complexity index is 575. The van der Waals surface area contributed by atoms with Crippen LogP contribution in [-0.4, -0.2) is 15.9 Å². The van der Waals surface area contributed by atoms with E-state index >= 15 is 0 Å². The highest BCUT2D eigenvalue weighted by Crippen LogP contribution is 2.20. The van der Waals surface area contributed by atoms with Crippen LogP contribution in [0.2, 0.25) is 0 Å². The van der Waals surface area contributed by atoms with Gasteiger partial charge in [-0.05, 0) is 34.1 Å². The van der Waals surface area contributed by atoms with E-state index in [9.17, 15) is 4.79 Å². The lowest BCUT2D eigenvalue weighted by atomic mass is 10.2. The van der Waals surface area contributed by atoms with Crippen molar-refractivity contribution < 1.29 is 4.79 Å². The van der Waals surface area contributed by atoms with Gasteiger partial charge in [-0.3, -0.25) is 9.78 Å². The number of rotatable bonds is 3. The number of nitrogens with zero attached hydrogens (tertiary/aromatic N) is 2. The normalized spacial score (nSPS) is 9.89. The summed E-state index contributed by atoms with van der Waals surface area (Å²) in [5, 5.41) is 2.76. The molecular weight excluding hydrogens is 298 g/mol. The van der Waals surface area contributed by atoms with Gasteiger partial charge in [-0.1, -0.05) is 0 Å². The van der Waals surface area contributed by atoms with Crippen molar-refractivity contribution in [2.24, 2.45) is 5.84 Å². The van der Waals surface area contributed by atoms with Gasteiger partial charge in [0, 0.05) is 24.2 Å². The molecule has 18 heavy (non-hydrogen) atoms. The van der Waals surface area contributed by atoms with Crippen LogP contribution >= 0.6 is 15.9 Å². The molecule has 0 radical (unpaired) electrons. The Hall–Kier alpha value is -1.99. The van der Waals surface area contributed by atoms with Crippen LogP contribution in [0.3, 0.4) is 0 Å². The van der Waals surface area contributed by atoms with E-state index in [1.807, 2.05) is 0 Å². The molecule has 0 saturated carbocycles. The predicted octanol–water partition coefficient (Wildman–Crippen LogP) is 1.78. The summed E-state index contributed by atoms with van der Waals surface area (Å²) in [4.78, 5) is 19.8. The molecule has 0 aromatic carbocycles. The third-order valence-electron chi connectivity index (χ3n) is 2.19. The van der Waals surface area contributed by atoms with Crippen molar-refractivity contribution in [1.82, 2.24) is 9.97 Å². The molecule has 1 amide bonds. The van der Waals surface area contributed by atoms with Crippen molar-refractivity contribution in [3.63, 3.8) is 0 Å². The van der Waals surface area contributed by atoms with Crippen LogP contribution < -0.4 is 16.6 Å². The summed E-state index contributed by atoms with van der Waals surface area (Å²) in [5.74, 6) is 5.41. The van der Waals surface area contributed by atoms with E-state index in [1.165, 1.54) is 6.20 Å². The molecule has 92 valence electrons. The van der Waals surface area contributed by atoms with Gasteiger partial charge < -0.3 is 10.7 Å².